The molecule has 1 aromatic rings. The Bertz CT molecular complexity index is 362. The molecule has 0 heterocycles. The van der Waals surface area contributed by atoms with Gasteiger partial charge in [-0.25, -0.2) is 0 Å². The van der Waals surface area contributed by atoms with Crippen LogP contribution in [0, 0.1) is 0 Å². The van der Waals surface area contributed by atoms with E-state index in [1.165, 1.54) is 0 Å². The van der Waals surface area contributed by atoms with E-state index in [1.54, 1.807) is 0 Å². The number of aliphatic hydroxyl groups is 2. The molecule has 0 aliphatic rings. The summed E-state index contributed by atoms with van der Waals surface area (Å²) in [6.45, 7) is 2.93. The van der Waals surface area contributed by atoms with E-state index >= 15 is 0 Å². The second kappa shape index (κ2) is 9.31. The fourth-order valence-electron chi connectivity index (χ4n) is 1.72. The summed E-state index contributed by atoms with van der Waals surface area (Å²) in [6, 6.07) is 7.77. The summed E-state index contributed by atoms with van der Waals surface area (Å²) in [5.41, 5.74) is 0. The fraction of sp³-hybridized carbons (Fsp3) is 0.571. The number of hydrogen-bond acceptors (Lipinski definition) is 4. The summed E-state index contributed by atoms with van der Waals surface area (Å²) < 4.78 is 6.46. The first-order valence-electron chi connectivity index (χ1n) is 6.56. The van der Waals surface area contributed by atoms with E-state index in [1.807, 2.05) is 24.3 Å². The van der Waals surface area contributed by atoms with Crippen molar-refractivity contribution in [2.24, 2.45) is 0 Å². The Hall–Kier alpha value is -0.620. The van der Waals surface area contributed by atoms with Crippen LogP contribution in [0.1, 0.15) is 19.8 Å². The van der Waals surface area contributed by atoms with Crippen molar-refractivity contribution < 1.29 is 14.9 Å². The number of rotatable bonds is 9. The van der Waals surface area contributed by atoms with E-state index in [2.05, 4.69) is 28.2 Å². The monoisotopic (exact) mass is 331 g/mol. The Labute approximate surface area is 122 Å². The average molecular weight is 332 g/mol. The molecule has 1 rings (SSSR count). The van der Waals surface area contributed by atoms with Crippen LogP contribution in [0.25, 0.3) is 0 Å². The first-order chi connectivity index (χ1) is 9.15. The van der Waals surface area contributed by atoms with Gasteiger partial charge in [0.1, 0.15) is 18.5 Å². The lowest BCUT2D eigenvalue weighted by atomic mass is 10.1. The average Bonchev–Trinajstić information content (AvgIpc) is 2.41. The molecule has 0 aliphatic heterocycles. The highest BCUT2D eigenvalue weighted by molar-refractivity contribution is 9.10. The molecule has 0 bridgehead atoms. The van der Waals surface area contributed by atoms with Crippen molar-refractivity contribution in [3.8, 4) is 5.75 Å². The molecule has 4 nitrogen and oxygen atoms in total. The molecular formula is C14H22BrNO3. The molecule has 2 atom stereocenters. The van der Waals surface area contributed by atoms with Crippen molar-refractivity contribution in [1.29, 1.82) is 0 Å². The first-order valence-corrected chi connectivity index (χ1v) is 7.35. The van der Waals surface area contributed by atoms with E-state index in [-0.39, 0.29) is 19.3 Å². The Balaban J connectivity index is 2.25. The highest BCUT2D eigenvalue weighted by Crippen LogP contribution is 2.17. The minimum absolute atomic E-state index is 0.163. The van der Waals surface area contributed by atoms with Crippen LogP contribution in [0.15, 0.2) is 28.7 Å². The number of ether oxygens (including phenoxy) is 1. The zero-order chi connectivity index (χ0) is 14.1. The molecule has 108 valence electrons. The van der Waals surface area contributed by atoms with E-state index in [0.717, 1.165) is 16.6 Å². The van der Waals surface area contributed by atoms with Gasteiger partial charge < -0.3 is 20.3 Å². The van der Waals surface area contributed by atoms with E-state index in [4.69, 9.17) is 9.84 Å². The summed E-state index contributed by atoms with van der Waals surface area (Å²) in [7, 11) is 0. The number of hydrogen-bond donors (Lipinski definition) is 3. The Morgan fingerprint density at radius 2 is 2.21 bits per heavy atom. The zero-order valence-electron chi connectivity index (χ0n) is 11.2. The van der Waals surface area contributed by atoms with Gasteiger partial charge in [-0.3, -0.25) is 0 Å². The van der Waals surface area contributed by atoms with Crippen LogP contribution in [-0.4, -0.2) is 42.1 Å². The van der Waals surface area contributed by atoms with Gasteiger partial charge in [-0.05, 0) is 31.0 Å². The van der Waals surface area contributed by atoms with Gasteiger partial charge in [0.2, 0.25) is 0 Å². The molecule has 0 aromatic heterocycles. The smallest absolute Gasteiger partial charge is 0.120 e. The van der Waals surface area contributed by atoms with E-state index in [0.29, 0.717) is 13.0 Å². The second-order valence-corrected chi connectivity index (χ2v) is 5.36. The third kappa shape index (κ3) is 6.92. The summed E-state index contributed by atoms with van der Waals surface area (Å²) in [6.07, 6.45) is 1.07. The summed E-state index contributed by atoms with van der Waals surface area (Å²) >= 11 is 3.37. The number of aliphatic hydroxyl groups excluding tert-OH is 2. The van der Waals surface area contributed by atoms with E-state index in [9.17, 15) is 5.11 Å². The van der Waals surface area contributed by atoms with Crippen LogP contribution in [0.4, 0.5) is 0 Å². The highest BCUT2D eigenvalue weighted by Gasteiger charge is 2.09. The standard InChI is InChI=1S/C14H22BrNO3/c1-2-12(6-7-17)16-9-13(18)10-19-14-5-3-4-11(15)8-14/h3-5,8,12-13,16-18H,2,6-7,9-10H2,1H3. The molecular weight excluding hydrogens is 310 g/mol. The lowest BCUT2D eigenvalue weighted by Gasteiger charge is -2.19. The van der Waals surface area contributed by atoms with Crippen molar-refractivity contribution in [2.75, 3.05) is 19.8 Å². The second-order valence-electron chi connectivity index (χ2n) is 4.45. The van der Waals surface area contributed by atoms with Crippen molar-refractivity contribution in [3.05, 3.63) is 28.7 Å². The maximum absolute atomic E-state index is 9.83. The van der Waals surface area contributed by atoms with Crippen LogP contribution in [0.2, 0.25) is 0 Å². The normalized spacial score (nSPS) is 14.1. The third-order valence-electron chi connectivity index (χ3n) is 2.85. The predicted octanol–water partition coefficient (Wildman–Crippen LogP) is 1.94. The third-order valence-corrected chi connectivity index (χ3v) is 3.34. The Kier molecular flexibility index (Phi) is 8.05. The Morgan fingerprint density at radius 3 is 2.84 bits per heavy atom. The van der Waals surface area contributed by atoms with Gasteiger partial charge in [0.25, 0.3) is 0 Å². The van der Waals surface area contributed by atoms with Gasteiger partial charge in [-0.15, -0.1) is 0 Å². The number of halogens is 1. The summed E-state index contributed by atoms with van der Waals surface area (Å²) in [5.74, 6) is 0.732. The molecule has 2 unspecified atom stereocenters. The molecule has 0 fully saturated rings. The minimum Gasteiger partial charge on any atom is -0.491 e. The predicted molar refractivity (Wildman–Crippen MR) is 79.4 cm³/mol. The molecule has 5 heteroatoms. The SMILES string of the molecule is CCC(CCO)NCC(O)COc1cccc(Br)c1. The maximum Gasteiger partial charge on any atom is 0.120 e. The van der Waals surface area contributed by atoms with Crippen molar-refractivity contribution >= 4 is 15.9 Å². The van der Waals surface area contributed by atoms with Gasteiger partial charge in [0.15, 0.2) is 0 Å². The highest BCUT2D eigenvalue weighted by atomic mass is 79.9. The molecule has 0 aliphatic carbocycles. The molecule has 0 saturated heterocycles. The van der Waals surface area contributed by atoms with Gasteiger partial charge in [-0.2, -0.15) is 0 Å². The van der Waals surface area contributed by atoms with Crippen LogP contribution < -0.4 is 10.1 Å². The molecule has 0 amide bonds. The van der Waals surface area contributed by atoms with E-state index < -0.39 is 6.10 Å². The van der Waals surface area contributed by atoms with Crippen molar-refractivity contribution in [2.45, 2.75) is 31.9 Å². The Morgan fingerprint density at radius 1 is 1.42 bits per heavy atom. The van der Waals surface area contributed by atoms with Gasteiger partial charge in [0.05, 0.1) is 0 Å². The molecule has 19 heavy (non-hydrogen) atoms. The van der Waals surface area contributed by atoms with Crippen LogP contribution in [0.5, 0.6) is 5.75 Å². The molecule has 0 spiro atoms. The van der Waals surface area contributed by atoms with Crippen LogP contribution >= 0.6 is 15.9 Å². The number of nitrogens with one attached hydrogen (secondary N) is 1. The molecule has 3 N–H and O–H groups in total. The zero-order valence-corrected chi connectivity index (χ0v) is 12.8. The van der Waals surface area contributed by atoms with Gasteiger partial charge in [0, 0.05) is 23.7 Å². The molecule has 0 radical (unpaired) electrons. The minimum atomic E-state index is -0.563. The van der Waals surface area contributed by atoms with Crippen LogP contribution in [0.3, 0.4) is 0 Å². The lowest BCUT2D eigenvalue weighted by molar-refractivity contribution is 0.102. The lowest BCUT2D eigenvalue weighted by Crippen LogP contribution is -2.38. The van der Waals surface area contributed by atoms with Crippen molar-refractivity contribution in [1.82, 2.24) is 5.32 Å². The van der Waals surface area contributed by atoms with Gasteiger partial charge in [-0.1, -0.05) is 28.9 Å². The fourth-order valence-corrected chi connectivity index (χ4v) is 2.10. The quantitative estimate of drug-likeness (QED) is 0.647. The number of benzene rings is 1. The summed E-state index contributed by atoms with van der Waals surface area (Å²) in [5, 5.41) is 21.9. The van der Waals surface area contributed by atoms with Crippen molar-refractivity contribution in [3.63, 3.8) is 0 Å². The summed E-state index contributed by atoms with van der Waals surface area (Å²) in [4.78, 5) is 0. The maximum atomic E-state index is 9.83. The molecule has 1 aromatic carbocycles. The molecule has 0 saturated carbocycles. The van der Waals surface area contributed by atoms with Crippen LogP contribution in [-0.2, 0) is 0 Å². The van der Waals surface area contributed by atoms with Gasteiger partial charge >= 0.3 is 0 Å². The largest absolute Gasteiger partial charge is 0.491 e. The first kappa shape index (κ1) is 16.4. The topological polar surface area (TPSA) is 61.7 Å².